The molecule has 1 atom stereocenters. The number of hydrogen-bond acceptors (Lipinski definition) is 3. The molecule has 114 valence electrons. The highest BCUT2D eigenvalue weighted by molar-refractivity contribution is 6.30. The Morgan fingerprint density at radius 2 is 2.18 bits per heavy atom. The molecule has 4 nitrogen and oxygen atoms in total. The summed E-state index contributed by atoms with van der Waals surface area (Å²) in [5.41, 5.74) is 2.58. The number of halogens is 1. The van der Waals surface area contributed by atoms with Crippen molar-refractivity contribution in [3.05, 3.63) is 58.7 Å². The molecule has 5 heteroatoms. The van der Waals surface area contributed by atoms with Crippen LogP contribution in [0, 0.1) is 0 Å². The number of fused-ring (bicyclic) bond motifs is 1. The molecule has 0 saturated heterocycles. The molecule has 1 aliphatic rings. The number of hydrogen-bond donors (Lipinski definition) is 1. The zero-order valence-electron chi connectivity index (χ0n) is 12.4. The molecule has 1 aromatic carbocycles. The van der Waals surface area contributed by atoms with E-state index in [-0.39, 0.29) is 11.9 Å². The number of carbonyl (C=O) groups is 1. The summed E-state index contributed by atoms with van der Waals surface area (Å²) in [5, 5.41) is 3.39. The van der Waals surface area contributed by atoms with E-state index in [2.05, 4.69) is 40.4 Å². The van der Waals surface area contributed by atoms with Crippen molar-refractivity contribution in [2.45, 2.75) is 18.9 Å². The predicted molar refractivity (Wildman–Crippen MR) is 88.0 cm³/mol. The summed E-state index contributed by atoms with van der Waals surface area (Å²) < 4.78 is 0. The Labute approximate surface area is 135 Å². The van der Waals surface area contributed by atoms with Crippen LogP contribution in [0.1, 0.15) is 23.6 Å². The van der Waals surface area contributed by atoms with Gasteiger partial charge in [0.15, 0.2) is 0 Å². The fourth-order valence-electron chi connectivity index (χ4n) is 2.86. The first-order chi connectivity index (χ1) is 10.6. The number of pyridine rings is 1. The molecule has 0 fully saturated rings. The zero-order valence-corrected chi connectivity index (χ0v) is 13.2. The van der Waals surface area contributed by atoms with Gasteiger partial charge in [0.1, 0.15) is 5.82 Å². The van der Waals surface area contributed by atoms with Gasteiger partial charge in [-0.1, -0.05) is 35.9 Å². The molecule has 0 unspecified atom stereocenters. The van der Waals surface area contributed by atoms with Gasteiger partial charge in [-0.05, 0) is 36.7 Å². The molecule has 3 rings (SSSR count). The van der Waals surface area contributed by atoms with Gasteiger partial charge in [-0.15, -0.1) is 0 Å². The molecule has 22 heavy (non-hydrogen) atoms. The SMILES string of the molecule is CN1CCc2ccccc2[C@H]1CC(=O)Nc1ccc(Cl)cn1. The average molecular weight is 316 g/mol. The number of rotatable bonds is 3. The first kappa shape index (κ1) is 15.0. The molecule has 0 radical (unpaired) electrons. The van der Waals surface area contributed by atoms with Gasteiger partial charge in [0.25, 0.3) is 0 Å². The molecule has 0 saturated carbocycles. The Hall–Kier alpha value is -1.91. The van der Waals surface area contributed by atoms with Gasteiger partial charge in [0, 0.05) is 25.2 Å². The number of nitrogens with zero attached hydrogens (tertiary/aromatic N) is 2. The minimum absolute atomic E-state index is 0.0385. The summed E-state index contributed by atoms with van der Waals surface area (Å²) in [6.45, 7) is 0.966. The molecule has 0 aliphatic carbocycles. The molecule has 1 N–H and O–H groups in total. The van der Waals surface area contributed by atoms with Crippen LogP contribution in [0.3, 0.4) is 0 Å². The zero-order chi connectivity index (χ0) is 15.5. The summed E-state index contributed by atoms with van der Waals surface area (Å²) >= 11 is 5.80. The smallest absolute Gasteiger partial charge is 0.227 e. The van der Waals surface area contributed by atoms with E-state index < -0.39 is 0 Å². The third kappa shape index (κ3) is 3.29. The first-order valence-corrected chi connectivity index (χ1v) is 7.71. The topological polar surface area (TPSA) is 45.2 Å². The van der Waals surface area contributed by atoms with Crippen molar-refractivity contribution in [2.75, 3.05) is 18.9 Å². The van der Waals surface area contributed by atoms with Crippen LogP contribution in [-0.2, 0) is 11.2 Å². The lowest BCUT2D eigenvalue weighted by Crippen LogP contribution is -2.34. The van der Waals surface area contributed by atoms with Crippen LogP contribution in [0.4, 0.5) is 5.82 Å². The van der Waals surface area contributed by atoms with E-state index >= 15 is 0 Å². The lowest BCUT2D eigenvalue weighted by atomic mass is 9.91. The minimum Gasteiger partial charge on any atom is -0.311 e. The van der Waals surface area contributed by atoms with E-state index in [0.717, 1.165) is 13.0 Å². The van der Waals surface area contributed by atoms with Gasteiger partial charge in [-0.2, -0.15) is 0 Å². The van der Waals surface area contributed by atoms with E-state index in [9.17, 15) is 4.79 Å². The molecule has 1 amide bonds. The Kier molecular flexibility index (Phi) is 4.41. The third-order valence-corrected chi connectivity index (χ3v) is 4.28. The maximum atomic E-state index is 12.3. The highest BCUT2D eigenvalue weighted by atomic mass is 35.5. The maximum Gasteiger partial charge on any atom is 0.227 e. The minimum atomic E-state index is -0.0385. The van der Waals surface area contributed by atoms with Gasteiger partial charge in [-0.3, -0.25) is 9.69 Å². The summed E-state index contributed by atoms with van der Waals surface area (Å²) in [6.07, 6.45) is 2.97. The second kappa shape index (κ2) is 6.46. The fraction of sp³-hybridized carbons (Fsp3) is 0.294. The Bertz CT molecular complexity index is 672. The van der Waals surface area contributed by atoms with Crippen LogP contribution >= 0.6 is 11.6 Å². The molecular formula is C17H18ClN3O. The number of amides is 1. The van der Waals surface area contributed by atoms with Crippen molar-refractivity contribution in [1.29, 1.82) is 0 Å². The van der Waals surface area contributed by atoms with Crippen molar-refractivity contribution in [3.63, 3.8) is 0 Å². The van der Waals surface area contributed by atoms with Crippen molar-refractivity contribution in [1.82, 2.24) is 9.88 Å². The first-order valence-electron chi connectivity index (χ1n) is 7.33. The van der Waals surface area contributed by atoms with E-state index in [4.69, 9.17) is 11.6 Å². The second-order valence-corrected chi connectivity index (χ2v) is 6.00. The normalized spacial score (nSPS) is 17.8. The van der Waals surface area contributed by atoms with Crippen LogP contribution in [0.25, 0.3) is 0 Å². The average Bonchev–Trinajstić information content (AvgIpc) is 2.52. The Balaban J connectivity index is 1.72. The summed E-state index contributed by atoms with van der Waals surface area (Å²) in [4.78, 5) is 18.6. The van der Waals surface area contributed by atoms with Crippen LogP contribution in [0.15, 0.2) is 42.6 Å². The fourth-order valence-corrected chi connectivity index (χ4v) is 2.97. The van der Waals surface area contributed by atoms with Crippen LogP contribution in [-0.4, -0.2) is 29.4 Å². The second-order valence-electron chi connectivity index (χ2n) is 5.56. The monoisotopic (exact) mass is 315 g/mol. The lowest BCUT2D eigenvalue weighted by molar-refractivity contribution is -0.117. The van der Waals surface area contributed by atoms with Gasteiger partial charge in [-0.25, -0.2) is 4.98 Å². The van der Waals surface area contributed by atoms with Gasteiger partial charge < -0.3 is 5.32 Å². The van der Waals surface area contributed by atoms with Crippen LogP contribution < -0.4 is 5.32 Å². The molecule has 2 aromatic rings. The number of anilines is 1. The van der Waals surface area contributed by atoms with Crippen LogP contribution in [0.2, 0.25) is 5.02 Å². The number of carbonyl (C=O) groups excluding carboxylic acids is 1. The summed E-state index contributed by atoms with van der Waals surface area (Å²) in [6, 6.07) is 11.9. The highest BCUT2D eigenvalue weighted by Crippen LogP contribution is 2.31. The van der Waals surface area contributed by atoms with Crippen molar-refractivity contribution >= 4 is 23.3 Å². The van der Waals surface area contributed by atoms with Crippen molar-refractivity contribution in [3.8, 4) is 0 Å². The molecular weight excluding hydrogens is 298 g/mol. The summed E-state index contributed by atoms with van der Waals surface area (Å²) in [7, 11) is 2.06. The standard InChI is InChI=1S/C17H18ClN3O/c1-21-9-8-12-4-2-3-5-14(12)15(21)10-17(22)20-16-7-6-13(18)11-19-16/h2-7,11,15H,8-10H2,1H3,(H,19,20,22)/t15-/m1/s1. The quantitative estimate of drug-likeness (QED) is 0.945. The van der Waals surface area contributed by atoms with E-state index in [1.54, 1.807) is 12.1 Å². The maximum absolute atomic E-state index is 12.3. The highest BCUT2D eigenvalue weighted by Gasteiger charge is 2.26. The van der Waals surface area contributed by atoms with Gasteiger partial charge in [0.2, 0.25) is 5.91 Å². The number of benzene rings is 1. The Morgan fingerprint density at radius 3 is 2.95 bits per heavy atom. The molecule has 0 bridgehead atoms. The van der Waals surface area contributed by atoms with Crippen molar-refractivity contribution < 1.29 is 4.79 Å². The molecule has 1 aliphatic heterocycles. The third-order valence-electron chi connectivity index (χ3n) is 4.05. The largest absolute Gasteiger partial charge is 0.311 e. The molecule has 2 heterocycles. The number of nitrogens with one attached hydrogen (secondary N) is 1. The molecule has 0 spiro atoms. The number of aromatic nitrogens is 1. The van der Waals surface area contributed by atoms with Gasteiger partial charge in [0.05, 0.1) is 5.02 Å². The van der Waals surface area contributed by atoms with Gasteiger partial charge >= 0.3 is 0 Å². The van der Waals surface area contributed by atoms with E-state index in [1.165, 1.54) is 17.3 Å². The van der Waals surface area contributed by atoms with E-state index in [1.807, 2.05) is 6.07 Å². The van der Waals surface area contributed by atoms with E-state index in [0.29, 0.717) is 17.3 Å². The van der Waals surface area contributed by atoms with Crippen molar-refractivity contribution in [2.24, 2.45) is 0 Å². The van der Waals surface area contributed by atoms with Crippen LogP contribution in [0.5, 0.6) is 0 Å². The Morgan fingerprint density at radius 1 is 1.36 bits per heavy atom. The molecule has 1 aromatic heterocycles. The lowest BCUT2D eigenvalue weighted by Gasteiger charge is -2.34. The predicted octanol–water partition coefficient (Wildman–Crippen LogP) is 3.29. The number of likely N-dealkylation sites (N-methyl/N-ethyl adjacent to an activating group) is 1. The summed E-state index contributed by atoms with van der Waals surface area (Å²) in [5.74, 6) is 0.490.